The summed E-state index contributed by atoms with van der Waals surface area (Å²) in [7, 11) is 3.06. The zero-order valence-corrected chi connectivity index (χ0v) is 16.3. The monoisotopic (exact) mass is 381 g/mol. The lowest BCUT2D eigenvalue weighted by Crippen LogP contribution is -2.46. The number of ether oxygens (including phenoxy) is 2. The molecule has 0 bridgehead atoms. The second-order valence-electron chi connectivity index (χ2n) is 6.42. The molecule has 1 aliphatic heterocycles. The quantitative estimate of drug-likeness (QED) is 0.742. The van der Waals surface area contributed by atoms with E-state index in [1.807, 2.05) is 31.2 Å². The lowest BCUT2D eigenvalue weighted by molar-refractivity contribution is -0.113. The molecule has 0 fully saturated rings. The van der Waals surface area contributed by atoms with Gasteiger partial charge in [-0.05, 0) is 31.5 Å². The Bertz CT molecular complexity index is 952. The SMILES string of the molecule is COc1cccc(C2NC(=O)NC(C)=C2C(=O)Nc2ccccc2C)c1OC. The molecule has 3 amide bonds. The minimum Gasteiger partial charge on any atom is -0.493 e. The van der Waals surface area contributed by atoms with Gasteiger partial charge in [0.15, 0.2) is 11.5 Å². The molecule has 0 saturated heterocycles. The molecule has 0 aromatic heterocycles. The number of urea groups is 1. The Balaban J connectivity index is 2.05. The molecular formula is C21H23N3O4. The van der Waals surface area contributed by atoms with E-state index in [2.05, 4.69) is 16.0 Å². The van der Waals surface area contributed by atoms with Crippen LogP contribution < -0.4 is 25.4 Å². The van der Waals surface area contributed by atoms with Crippen molar-refractivity contribution in [1.82, 2.24) is 10.6 Å². The van der Waals surface area contributed by atoms with Gasteiger partial charge in [-0.1, -0.05) is 30.3 Å². The molecule has 0 aliphatic carbocycles. The van der Waals surface area contributed by atoms with Gasteiger partial charge in [0.2, 0.25) is 0 Å². The van der Waals surface area contributed by atoms with Crippen LogP contribution in [0.15, 0.2) is 53.7 Å². The molecule has 1 unspecified atom stereocenters. The van der Waals surface area contributed by atoms with E-state index in [1.165, 1.54) is 14.2 Å². The van der Waals surface area contributed by atoms with Crippen LogP contribution in [0.2, 0.25) is 0 Å². The summed E-state index contributed by atoms with van der Waals surface area (Å²) in [6.07, 6.45) is 0. The third kappa shape index (κ3) is 3.64. The average molecular weight is 381 g/mol. The van der Waals surface area contributed by atoms with E-state index in [0.29, 0.717) is 34.0 Å². The van der Waals surface area contributed by atoms with E-state index < -0.39 is 6.04 Å². The fraction of sp³-hybridized carbons (Fsp3) is 0.238. The summed E-state index contributed by atoms with van der Waals surface area (Å²) >= 11 is 0. The van der Waals surface area contributed by atoms with Crippen molar-refractivity contribution in [3.05, 3.63) is 64.9 Å². The standard InChI is InChI=1S/C21H23N3O4/c1-12-8-5-6-10-15(12)23-20(25)17-13(2)22-21(26)24-18(17)14-9-7-11-16(27-3)19(14)28-4/h5-11,18H,1-4H3,(H,23,25)(H2,22,24,26). The molecule has 2 aromatic carbocycles. The van der Waals surface area contributed by atoms with Gasteiger partial charge in [-0.3, -0.25) is 4.79 Å². The number of rotatable bonds is 5. The van der Waals surface area contributed by atoms with Gasteiger partial charge >= 0.3 is 6.03 Å². The van der Waals surface area contributed by atoms with Gasteiger partial charge in [0.25, 0.3) is 5.91 Å². The molecule has 7 heteroatoms. The van der Waals surface area contributed by atoms with E-state index in [4.69, 9.17) is 9.47 Å². The van der Waals surface area contributed by atoms with Gasteiger partial charge in [0, 0.05) is 16.9 Å². The summed E-state index contributed by atoms with van der Waals surface area (Å²) in [5.74, 6) is 0.671. The highest BCUT2D eigenvalue weighted by molar-refractivity contribution is 6.07. The van der Waals surface area contributed by atoms with Gasteiger partial charge in [0.1, 0.15) is 0 Å². The Morgan fingerprint density at radius 2 is 1.79 bits per heavy atom. The molecule has 3 N–H and O–H groups in total. The van der Waals surface area contributed by atoms with Crippen molar-refractivity contribution in [3.8, 4) is 11.5 Å². The maximum absolute atomic E-state index is 13.1. The third-order valence-corrected chi connectivity index (χ3v) is 4.65. The fourth-order valence-electron chi connectivity index (χ4n) is 3.27. The Labute approximate surface area is 163 Å². The van der Waals surface area contributed by atoms with Gasteiger partial charge < -0.3 is 25.4 Å². The highest BCUT2D eigenvalue weighted by Crippen LogP contribution is 2.39. The molecule has 0 spiro atoms. The number of carbonyl (C=O) groups excluding carboxylic acids is 2. The number of benzene rings is 2. The topological polar surface area (TPSA) is 88.7 Å². The summed E-state index contributed by atoms with van der Waals surface area (Å²) in [4.78, 5) is 25.3. The molecule has 7 nitrogen and oxygen atoms in total. The number of carbonyl (C=O) groups is 2. The first-order valence-electron chi connectivity index (χ1n) is 8.82. The van der Waals surface area contributed by atoms with Crippen LogP contribution in [0.5, 0.6) is 11.5 Å². The molecule has 146 valence electrons. The van der Waals surface area contributed by atoms with Crippen molar-refractivity contribution in [2.45, 2.75) is 19.9 Å². The van der Waals surface area contributed by atoms with Crippen molar-refractivity contribution >= 4 is 17.6 Å². The lowest BCUT2D eigenvalue weighted by atomic mass is 9.93. The molecule has 1 atom stereocenters. The van der Waals surface area contributed by atoms with Crippen LogP contribution >= 0.6 is 0 Å². The molecule has 3 rings (SSSR count). The number of hydrogen-bond donors (Lipinski definition) is 3. The second-order valence-corrected chi connectivity index (χ2v) is 6.42. The van der Waals surface area contributed by atoms with E-state index in [1.54, 1.807) is 25.1 Å². The van der Waals surface area contributed by atoms with E-state index in [0.717, 1.165) is 5.56 Å². The third-order valence-electron chi connectivity index (χ3n) is 4.65. The van der Waals surface area contributed by atoms with Gasteiger partial charge in [-0.2, -0.15) is 0 Å². The van der Waals surface area contributed by atoms with Crippen LogP contribution in [0.1, 0.15) is 24.1 Å². The van der Waals surface area contributed by atoms with Gasteiger partial charge in [0.05, 0.1) is 25.8 Å². The number of anilines is 1. The zero-order valence-electron chi connectivity index (χ0n) is 16.3. The first kappa shape index (κ1) is 19.3. The minimum absolute atomic E-state index is 0.311. The van der Waals surface area contributed by atoms with Gasteiger partial charge in [-0.25, -0.2) is 4.79 Å². The summed E-state index contributed by atoms with van der Waals surface area (Å²) in [6.45, 7) is 3.62. The Hall–Kier alpha value is -3.48. The van der Waals surface area contributed by atoms with Crippen molar-refractivity contribution in [1.29, 1.82) is 0 Å². The zero-order chi connectivity index (χ0) is 20.3. The second kappa shape index (κ2) is 8.04. The molecule has 0 radical (unpaired) electrons. The van der Waals surface area contributed by atoms with E-state index in [-0.39, 0.29) is 11.9 Å². The lowest BCUT2D eigenvalue weighted by Gasteiger charge is -2.30. The number of nitrogens with one attached hydrogen (secondary N) is 3. The molecule has 1 aliphatic rings. The molecule has 28 heavy (non-hydrogen) atoms. The van der Waals surface area contributed by atoms with Crippen LogP contribution in [0, 0.1) is 6.92 Å². The van der Waals surface area contributed by atoms with E-state index in [9.17, 15) is 9.59 Å². The number of methoxy groups -OCH3 is 2. The van der Waals surface area contributed by atoms with Crippen LogP contribution in [0.4, 0.5) is 10.5 Å². The van der Waals surface area contributed by atoms with Crippen molar-refractivity contribution < 1.29 is 19.1 Å². The summed E-state index contributed by atoms with van der Waals surface area (Å²) in [6, 6.07) is 11.8. The Morgan fingerprint density at radius 1 is 1.04 bits per heavy atom. The number of hydrogen-bond acceptors (Lipinski definition) is 4. The first-order chi connectivity index (χ1) is 13.5. The Morgan fingerprint density at radius 3 is 2.46 bits per heavy atom. The fourth-order valence-corrected chi connectivity index (χ4v) is 3.27. The normalized spacial score (nSPS) is 16.1. The summed E-state index contributed by atoms with van der Waals surface area (Å²) in [5, 5.41) is 8.42. The number of amides is 3. The first-order valence-corrected chi connectivity index (χ1v) is 8.82. The number of aryl methyl sites for hydroxylation is 1. The largest absolute Gasteiger partial charge is 0.493 e. The average Bonchev–Trinajstić information content (AvgIpc) is 2.68. The number of allylic oxidation sites excluding steroid dienone is 1. The van der Waals surface area contributed by atoms with Crippen molar-refractivity contribution in [2.75, 3.05) is 19.5 Å². The summed E-state index contributed by atoms with van der Waals surface area (Å²) < 4.78 is 10.9. The van der Waals surface area contributed by atoms with Gasteiger partial charge in [-0.15, -0.1) is 0 Å². The van der Waals surface area contributed by atoms with E-state index >= 15 is 0 Å². The predicted molar refractivity (Wildman–Crippen MR) is 106 cm³/mol. The highest BCUT2D eigenvalue weighted by Gasteiger charge is 2.33. The maximum atomic E-state index is 13.1. The van der Waals surface area contributed by atoms with Crippen molar-refractivity contribution in [2.24, 2.45) is 0 Å². The highest BCUT2D eigenvalue weighted by atomic mass is 16.5. The smallest absolute Gasteiger partial charge is 0.319 e. The van der Waals surface area contributed by atoms with Crippen LogP contribution in [0.25, 0.3) is 0 Å². The van der Waals surface area contributed by atoms with Crippen LogP contribution in [-0.4, -0.2) is 26.2 Å². The molecule has 1 heterocycles. The molecular weight excluding hydrogens is 358 g/mol. The molecule has 2 aromatic rings. The van der Waals surface area contributed by atoms with Crippen molar-refractivity contribution in [3.63, 3.8) is 0 Å². The maximum Gasteiger partial charge on any atom is 0.319 e. The molecule has 0 saturated carbocycles. The van der Waals surface area contributed by atoms with Crippen LogP contribution in [0.3, 0.4) is 0 Å². The minimum atomic E-state index is -0.692. The number of para-hydroxylation sites is 2. The van der Waals surface area contributed by atoms with Crippen LogP contribution in [-0.2, 0) is 4.79 Å². The summed E-state index contributed by atoms with van der Waals surface area (Å²) in [5.41, 5.74) is 3.16. The Kier molecular flexibility index (Phi) is 5.54. The predicted octanol–water partition coefficient (Wildman–Crippen LogP) is 3.28.